The average Bonchev–Trinajstić information content (AvgIpc) is 2.34. The van der Waals surface area contributed by atoms with Crippen LogP contribution in [0.4, 0.5) is 4.39 Å². The number of hydrogen-bond donors (Lipinski definition) is 1. The Hall–Kier alpha value is -1.58. The van der Waals surface area contributed by atoms with Crippen molar-refractivity contribution in [2.45, 2.75) is 20.0 Å². The molecule has 0 fully saturated rings. The molecule has 4 heteroatoms. The molecule has 0 unspecified atom stereocenters. The lowest BCUT2D eigenvalue weighted by Crippen LogP contribution is -1.95. The normalized spacial score (nSPS) is 12.3. The number of aliphatic hydroxyl groups is 1. The van der Waals surface area contributed by atoms with Gasteiger partial charge >= 0.3 is 0 Å². The van der Waals surface area contributed by atoms with E-state index in [0.717, 1.165) is 5.56 Å². The van der Waals surface area contributed by atoms with Gasteiger partial charge in [0.05, 0.1) is 6.10 Å². The highest BCUT2D eigenvalue weighted by atomic mass is 35.5. The van der Waals surface area contributed by atoms with Gasteiger partial charge in [0.1, 0.15) is 5.75 Å². The summed E-state index contributed by atoms with van der Waals surface area (Å²) in [6.45, 7) is 3.42. The molecule has 0 saturated carbocycles. The molecule has 1 atom stereocenters. The lowest BCUT2D eigenvalue weighted by molar-refractivity contribution is 0.198. The van der Waals surface area contributed by atoms with Crippen molar-refractivity contribution in [2.24, 2.45) is 0 Å². The number of halogens is 2. The Labute approximate surface area is 116 Å². The molecule has 2 nitrogen and oxygen atoms in total. The van der Waals surface area contributed by atoms with Gasteiger partial charge in [-0.3, -0.25) is 0 Å². The summed E-state index contributed by atoms with van der Waals surface area (Å²) in [5.41, 5.74) is 1.34. The molecular weight excluding hydrogens is 267 g/mol. The second kappa shape index (κ2) is 5.59. The minimum Gasteiger partial charge on any atom is -0.454 e. The topological polar surface area (TPSA) is 29.5 Å². The molecule has 19 heavy (non-hydrogen) atoms. The molecule has 0 aromatic heterocycles. The highest BCUT2D eigenvalue weighted by Gasteiger charge is 2.10. The van der Waals surface area contributed by atoms with Crippen LogP contribution in [-0.4, -0.2) is 5.11 Å². The third kappa shape index (κ3) is 3.25. The van der Waals surface area contributed by atoms with Crippen LogP contribution in [0.25, 0.3) is 0 Å². The summed E-state index contributed by atoms with van der Waals surface area (Å²) in [7, 11) is 0. The zero-order valence-corrected chi connectivity index (χ0v) is 11.4. The second-order valence-corrected chi connectivity index (χ2v) is 4.81. The first-order valence-electron chi connectivity index (χ1n) is 5.89. The summed E-state index contributed by atoms with van der Waals surface area (Å²) < 4.78 is 19.4. The summed E-state index contributed by atoms with van der Waals surface area (Å²) >= 11 is 5.85. The summed E-state index contributed by atoms with van der Waals surface area (Å²) in [4.78, 5) is 0. The van der Waals surface area contributed by atoms with Crippen LogP contribution in [-0.2, 0) is 0 Å². The van der Waals surface area contributed by atoms with E-state index in [1.807, 2.05) is 6.92 Å². The van der Waals surface area contributed by atoms with E-state index in [2.05, 4.69) is 0 Å². The van der Waals surface area contributed by atoms with Crippen molar-refractivity contribution < 1.29 is 14.2 Å². The minimum atomic E-state index is -0.708. The van der Waals surface area contributed by atoms with Crippen LogP contribution in [0.5, 0.6) is 11.5 Å². The van der Waals surface area contributed by atoms with Gasteiger partial charge in [-0.05, 0) is 55.3 Å². The molecule has 1 N–H and O–H groups in total. The smallest absolute Gasteiger partial charge is 0.166 e. The molecule has 0 amide bonds. The maximum Gasteiger partial charge on any atom is 0.166 e. The average molecular weight is 281 g/mol. The minimum absolute atomic E-state index is 0.120. The Kier molecular flexibility index (Phi) is 4.08. The fourth-order valence-corrected chi connectivity index (χ4v) is 1.93. The van der Waals surface area contributed by atoms with Gasteiger partial charge in [-0.25, -0.2) is 4.39 Å². The van der Waals surface area contributed by atoms with E-state index in [-0.39, 0.29) is 5.75 Å². The monoisotopic (exact) mass is 280 g/mol. The highest BCUT2D eigenvalue weighted by Crippen LogP contribution is 2.30. The van der Waals surface area contributed by atoms with Gasteiger partial charge in [0.25, 0.3) is 0 Å². The maximum atomic E-state index is 13.8. The van der Waals surface area contributed by atoms with Crippen molar-refractivity contribution in [1.82, 2.24) is 0 Å². The summed E-state index contributed by atoms with van der Waals surface area (Å²) in [5.74, 6) is 0.163. The number of rotatable bonds is 3. The van der Waals surface area contributed by atoms with Gasteiger partial charge < -0.3 is 9.84 Å². The Morgan fingerprint density at radius 1 is 1.16 bits per heavy atom. The van der Waals surface area contributed by atoms with Crippen LogP contribution in [0.15, 0.2) is 36.4 Å². The molecule has 0 aliphatic carbocycles. The second-order valence-electron chi connectivity index (χ2n) is 4.38. The number of aryl methyl sites for hydroxylation is 1. The number of ether oxygens (including phenoxy) is 1. The molecule has 0 bridgehead atoms. The van der Waals surface area contributed by atoms with E-state index >= 15 is 0 Å². The van der Waals surface area contributed by atoms with Crippen molar-refractivity contribution in [3.63, 3.8) is 0 Å². The van der Waals surface area contributed by atoms with E-state index in [1.165, 1.54) is 12.1 Å². The van der Waals surface area contributed by atoms with Crippen molar-refractivity contribution in [2.75, 3.05) is 0 Å². The van der Waals surface area contributed by atoms with Crippen LogP contribution in [0, 0.1) is 12.7 Å². The summed E-state index contributed by atoms with van der Waals surface area (Å²) in [6.07, 6.45) is -0.708. The van der Waals surface area contributed by atoms with E-state index < -0.39 is 11.9 Å². The molecule has 2 rings (SSSR count). The molecule has 100 valence electrons. The van der Waals surface area contributed by atoms with Crippen molar-refractivity contribution in [3.05, 3.63) is 58.4 Å². The van der Waals surface area contributed by atoms with E-state index in [0.29, 0.717) is 16.3 Å². The Bertz CT molecular complexity index is 597. The quantitative estimate of drug-likeness (QED) is 0.888. The molecule has 0 saturated heterocycles. The van der Waals surface area contributed by atoms with Crippen molar-refractivity contribution in [1.29, 1.82) is 0 Å². The van der Waals surface area contributed by atoms with Crippen molar-refractivity contribution >= 4 is 11.6 Å². The molecular formula is C15H14ClFO2. The Balaban J connectivity index is 2.28. The van der Waals surface area contributed by atoms with Crippen LogP contribution >= 0.6 is 11.6 Å². The Morgan fingerprint density at radius 2 is 1.84 bits per heavy atom. The standard InChI is InChI=1S/C15H14ClFO2/c1-9-7-12(16)4-6-14(9)19-15-5-3-11(10(2)18)8-13(15)17/h3-8,10,18H,1-2H3/t10-/m0/s1. The fraction of sp³-hybridized carbons (Fsp3) is 0.200. The van der Waals surface area contributed by atoms with Gasteiger partial charge in [0, 0.05) is 5.02 Å². The third-order valence-corrected chi connectivity index (χ3v) is 3.03. The SMILES string of the molecule is Cc1cc(Cl)ccc1Oc1ccc([C@H](C)O)cc1F. The fourth-order valence-electron chi connectivity index (χ4n) is 1.71. The van der Waals surface area contributed by atoms with Gasteiger partial charge in [-0.15, -0.1) is 0 Å². The maximum absolute atomic E-state index is 13.8. The largest absolute Gasteiger partial charge is 0.454 e. The van der Waals surface area contributed by atoms with Crippen LogP contribution < -0.4 is 4.74 Å². The Morgan fingerprint density at radius 3 is 2.42 bits per heavy atom. The predicted molar refractivity (Wildman–Crippen MR) is 73.3 cm³/mol. The number of benzene rings is 2. The molecule has 0 spiro atoms. The number of hydrogen-bond acceptors (Lipinski definition) is 2. The third-order valence-electron chi connectivity index (χ3n) is 2.80. The van der Waals surface area contributed by atoms with E-state index in [9.17, 15) is 9.50 Å². The zero-order chi connectivity index (χ0) is 14.0. The molecule has 2 aromatic rings. The summed E-state index contributed by atoms with van der Waals surface area (Å²) in [6, 6.07) is 9.54. The zero-order valence-electron chi connectivity index (χ0n) is 10.7. The molecule has 0 heterocycles. The lowest BCUT2D eigenvalue weighted by Gasteiger charge is -2.11. The first-order chi connectivity index (χ1) is 8.97. The predicted octanol–water partition coefficient (Wildman–Crippen LogP) is 4.63. The van der Waals surface area contributed by atoms with Gasteiger partial charge in [-0.1, -0.05) is 17.7 Å². The van der Waals surface area contributed by atoms with Crippen molar-refractivity contribution in [3.8, 4) is 11.5 Å². The molecule has 2 aromatic carbocycles. The van der Waals surface area contributed by atoms with Gasteiger partial charge in [0.2, 0.25) is 0 Å². The van der Waals surface area contributed by atoms with Crippen LogP contribution in [0.1, 0.15) is 24.2 Å². The van der Waals surface area contributed by atoms with Crippen LogP contribution in [0.3, 0.4) is 0 Å². The first kappa shape index (κ1) is 13.8. The van der Waals surface area contributed by atoms with Crippen LogP contribution in [0.2, 0.25) is 5.02 Å². The van der Waals surface area contributed by atoms with Gasteiger partial charge in [0.15, 0.2) is 11.6 Å². The lowest BCUT2D eigenvalue weighted by atomic mass is 10.1. The van der Waals surface area contributed by atoms with E-state index in [1.54, 1.807) is 31.2 Å². The van der Waals surface area contributed by atoms with Gasteiger partial charge in [-0.2, -0.15) is 0 Å². The summed E-state index contributed by atoms with van der Waals surface area (Å²) in [5, 5.41) is 9.99. The molecule has 0 aliphatic heterocycles. The number of aliphatic hydroxyl groups excluding tert-OH is 1. The molecule has 0 radical (unpaired) electrons. The molecule has 0 aliphatic rings. The van der Waals surface area contributed by atoms with E-state index in [4.69, 9.17) is 16.3 Å². The highest BCUT2D eigenvalue weighted by molar-refractivity contribution is 6.30. The first-order valence-corrected chi connectivity index (χ1v) is 6.26.